The molecule has 1 rings (SSSR count). The average molecular weight is 364 g/mol. The first kappa shape index (κ1) is 22.0. The van der Waals surface area contributed by atoms with Crippen LogP contribution in [-0.4, -0.2) is 18.0 Å². The number of esters is 2. The van der Waals surface area contributed by atoms with Crippen molar-refractivity contribution in [3.05, 3.63) is 18.2 Å². The second-order valence-electron chi connectivity index (χ2n) is 7.56. The Labute approximate surface area is 157 Å². The number of para-hydroxylation sites is 1. The Bertz CT molecular complexity index is 590. The molecule has 5 nitrogen and oxygen atoms in total. The van der Waals surface area contributed by atoms with Gasteiger partial charge in [0.2, 0.25) is 5.75 Å². The third-order valence-electron chi connectivity index (χ3n) is 3.60. The number of carbonyl (C=O) groups excluding carboxylic acids is 2. The van der Waals surface area contributed by atoms with Gasteiger partial charge in [-0.05, 0) is 50.7 Å². The third kappa shape index (κ3) is 8.37. The Morgan fingerprint density at radius 1 is 0.808 bits per heavy atom. The van der Waals surface area contributed by atoms with E-state index >= 15 is 0 Å². The summed E-state index contributed by atoms with van der Waals surface area (Å²) in [5.41, 5.74) is 0. The minimum atomic E-state index is -0.363. The quantitative estimate of drug-likeness (QED) is 0.424. The molecule has 0 aliphatic rings. The maximum atomic E-state index is 12.2. The summed E-state index contributed by atoms with van der Waals surface area (Å²) >= 11 is 0. The summed E-state index contributed by atoms with van der Waals surface area (Å²) in [6.45, 7) is 12.0. The first-order valence-corrected chi connectivity index (χ1v) is 9.40. The summed E-state index contributed by atoms with van der Waals surface area (Å²) in [4.78, 5) is 24.3. The largest absolute Gasteiger partial charge is 0.487 e. The Kier molecular flexibility index (Phi) is 9.17. The molecule has 0 spiro atoms. The molecule has 1 aromatic rings. The lowest BCUT2D eigenvalue weighted by atomic mass is 10.1. The van der Waals surface area contributed by atoms with Crippen molar-refractivity contribution in [3.8, 4) is 17.2 Å². The summed E-state index contributed by atoms with van der Waals surface area (Å²) in [6, 6.07) is 5.04. The van der Waals surface area contributed by atoms with Gasteiger partial charge in [-0.2, -0.15) is 0 Å². The number of hydrogen-bond donors (Lipinski definition) is 0. The Morgan fingerprint density at radius 3 is 1.81 bits per heavy atom. The van der Waals surface area contributed by atoms with Crippen molar-refractivity contribution in [2.24, 2.45) is 11.8 Å². The van der Waals surface area contributed by atoms with Crippen molar-refractivity contribution < 1.29 is 23.8 Å². The predicted molar refractivity (Wildman–Crippen MR) is 102 cm³/mol. The molecule has 0 heterocycles. The van der Waals surface area contributed by atoms with E-state index in [4.69, 9.17) is 14.2 Å². The van der Waals surface area contributed by atoms with Gasteiger partial charge in [0.1, 0.15) is 0 Å². The van der Waals surface area contributed by atoms with Gasteiger partial charge in [0.15, 0.2) is 11.5 Å². The molecular weight excluding hydrogens is 332 g/mol. The van der Waals surface area contributed by atoms with E-state index < -0.39 is 0 Å². The van der Waals surface area contributed by atoms with Crippen LogP contribution < -0.4 is 14.2 Å². The molecule has 0 amide bonds. The fourth-order valence-electron chi connectivity index (χ4n) is 2.17. The molecule has 26 heavy (non-hydrogen) atoms. The van der Waals surface area contributed by atoms with E-state index in [2.05, 4.69) is 0 Å². The van der Waals surface area contributed by atoms with E-state index in [-0.39, 0.29) is 29.5 Å². The zero-order valence-electron chi connectivity index (χ0n) is 16.8. The van der Waals surface area contributed by atoms with Crippen molar-refractivity contribution >= 4 is 11.9 Å². The first-order valence-electron chi connectivity index (χ1n) is 9.40. The van der Waals surface area contributed by atoms with Crippen LogP contribution in [0.2, 0.25) is 0 Å². The fourth-order valence-corrected chi connectivity index (χ4v) is 2.17. The van der Waals surface area contributed by atoms with Gasteiger partial charge in [-0.1, -0.05) is 33.8 Å². The fraction of sp³-hybridized carbons (Fsp3) is 0.619. The van der Waals surface area contributed by atoms with Crippen LogP contribution in [0.1, 0.15) is 67.2 Å². The summed E-state index contributed by atoms with van der Waals surface area (Å²) in [5.74, 6) is 0.886. The molecule has 1 aromatic carbocycles. The summed E-state index contributed by atoms with van der Waals surface area (Å²) in [6.07, 6.45) is 1.98. The highest BCUT2D eigenvalue weighted by molar-refractivity contribution is 5.77. The topological polar surface area (TPSA) is 61.8 Å². The van der Waals surface area contributed by atoms with Crippen LogP contribution in [0.25, 0.3) is 0 Å². The monoisotopic (exact) mass is 364 g/mol. The molecular formula is C21H32O5. The smallest absolute Gasteiger partial charge is 0.311 e. The van der Waals surface area contributed by atoms with Gasteiger partial charge in [0.25, 0.3) is 0 Å². The Balaban J connectivity index is 2.97. The normalized spacial score (nSPS) is 11.1. The number of benzene rings is 1. The molecule has 0 saturated carbocycles. The van der Waals surface area contributed by atoms with Crippen LogP contribution in [0, 0.1) is 11.8 Å². The lowest BCUT2D eigenvalue weighted by Gasteiger charge is -2.17. The van der Waals surface area contributed by atoms with E-state index in [1.807, 2.05) is 41.5 Å². The maximum Gasteiger partial charge on any atom is 0.311 e. The SMILES string of the molecule is CC(C)CCC(=O)Oc1cccc(OC(C)C)c1OC(=O)CCC(C)C. The van der Waals surface area contributed by atoms with E-state index in [0.717, 1.165) is 12.8 Å². The van der Waals surface area contributed by atoms with Gasteiger partial charge in [-0.15, -0.1) is 0 Å². The number of rotatable bonds is 10. The van der Waals surface area contributed by atoms with Crippen LogP contribution in [-0.2, 0) is 9.59 Å². The van der Waals surface area contributed by atoms with Crippen molar-refractivity contribution in [2.75, 3.05) is 0 Å². The van der Waals surface area contributed by atoms with Crippen LogP contribution >= 0.6 is 0 Å². The molecule has 5 heteroatoms. The van der Waals surface area contributed by atoms with Crippen molar-refractivity contribution in [1.29, 1.82) is 0 Å². The van der Waals surface area contributed by atoms with Crippen molar-refractivity contribution in [2.45, 2.75) is 73.3 Å². The average Bonchev–Trinajstić information content (AvgIpc) is 2.53. The van der Waals surface area contributed by atoms with Crippen LogP contribution in [0.5, 0.6) is 17.2 Å². The molecule has 0 atom stereocenters. The summed E-state index contributed by atoms with van der Waals surface area (Å²) < 4.78 is 16.7. The highest BCUT2D eigenvalue weighted by Gasteiger charge is 2.20. The molecule has 0 aromatic heterocycles. The highest BCUT2D eigenvalue weighted by atomic mass is 16.6. The van der Waals surface area contributed by atoms with E-state index in [0.29, 0.717) is 30.4 Å². The Morgan fingerprint density at radius 2 is 1.31 bits per heavy atom. The molecule has 0 unspecified atom stereocenters. The highest BCUT2D eigenvalue weighted by Crippen LogP contribution is 2.38. The van der Waals surface area contributed by atoms with E-state index in [1.165, 1.54) is 0 Å². The molecule has 0 aliphatic heterocycles. The maximum absolute atomic E-state index is 12.2. The van der Waals surface area contributed by atoms with Gasteiger partial charge < -0.3 is 14.2 Å². The predicted octanol–water partition coefficient (Wildman–Crippen LogP) is 5.16. The third-order valence-corrected chi connectivity index (χ3v) is 3.60. The van der Waals surface area contributed by atoms with Crippen molar-refractivity contribution in [1.82, 2.24) is 0 Å². The van der Waals surface area contributed by atoms with Gasteiger partial charge in [0.05, 0.1) is 6.10 Å². The first-order chi connectivity index (χ1) is 12.2. The molecule has 0 saturated heterocycles. The minimum absolute atomic E-state index is 0.102. The minimum Gasteiger partial charge on any atom is -0.487 e. The lowest BCUT2D eigenvalue weighted by Crippen LogP contribution is -2.15. The van der Waals surface area contributed by atoms with Gasteiger partial charge in [-0.25, -0.2) is 0 Å². The zero-order valence-corrected chi connectivity index (χ0v) is 16.8. The van der Waals surface area contributed by atoms with Gasteiger partial charge in [0, 0.05) is 12.8 Å². The molecule has 0 fully saturated rings. The molecule has 0 aliphatic carbocycles. The number of carbonyl (C=O) groups is 2. The number of ether oxygens (including phenoxy) is 3. The van der Waals surface area contributed by atoms with E-state index in [1.54, 1.807) is 18.2 Å². The van der Waals surface area contributed by atoms with E-state index in [9.17, 15) is 9.59 Å². The zero-order chi connectivity index (χ0) is 19.7. The lowest BCUT2D eigenvalue weighted by molar-refractivity contribution is -0.137. The van der Waals surface area contributed by atoms with Gasteiger partial charge >= 0.3 is 11.9 Å². The van der Waals surface area contributed by atoms with Crippen LogP contribution in [0.4, 0.5) is 0 Å². The summed E-state index contributed by atoms with van der Waals surface area (Å²) in [5, 5.41) is 0. The van der Waals surface area contributed by atoms with Crippen molar-refractivity contribution in [3.63, 3.8) is 0 Å². The summed E-state index contributed by atoms with van der Waals surface area (Å²) in [7, 11) is 0. The van der Waals surface area contributed by atoms with Crippen LogP contribution in [0.3, 0.4) is 0 Å². The number of hydrogen-bond acceptors (Lipinski definition) is 5. The molecule has 0 N–H and O–H groups in total. The molecule has 0 radical (unpaired) electrons. The second-order valence-corrected chi connectivity index (χ2v) is 7.56. The molecule has 146 valence electrons. The van der Waals surface area contributed by atoms with Gasteiger partial charge in [-0.3, -0.25) is 9.59 Å². The molecule has 0 bridgehead atoms. The Hall–Kier alpha value is -2.04. The second kappa shape index (κ2) is 10.8. The standard InChI is InChI=1S/C21H32O5/c1-14(2)10-12-19(22)25-18-9-7-8-17(24-16(5)6)21(18)26-20(23)13-11-15(3)4/h7-9,14-16H,10-13H2,1-6H3. The van der Waals surface area contributed by atoms with Crippen LogP contribution in [0.15, 0.2) is 18.2 Å².